The molecule has 0 spiro atoms. The number of anilines is 2. The summed E-state index contributed by atoms with van der Waals surface area (Å²) in [7, 11) is 0. The third kappa shape index (κ3) is 5.47. The molecule has 0 unspecified atom stereocenters. The van der Waals surface area contributed by atoms with Crippen LogP contribution in [-0.2, 0) is 6.54 Å². The highest BCUT2D eigenvalue weighted by atomic mass is 35.5. The van der Waals surface area contributed by atoms with E-state index in [-0.39, 0.29) is 5.91 Å². The van der Waals surface area contributed by atoms with Gasteiger partial charge in [-0.05, 0) is 55.0 Å². The number of carbonyl (C=O) groups is 1. The smallest absolute Gasteiger partial charge is 0.251 e. The molecule has 4 aromatic rings. The topological polar surface area (TPSA) is 66.9 Å². The summed E-state index contributed by atoms with van der Waals surface area (Å²) < 4.78 is 0. The molecule has 1 aromatic heterocycles. The van der Waals surface area contributed by atoms with Crippen LogP contribution < -0.4 is 10.6 Å². The summed E-state index contributed by atoms with van der Waals surface area (Å²) in [4.78, 5) is 21.5. The molecule has 2 N–H and O–H groups in total. The van der Waals surface area contributed by atoms with Gasteiger partial charge in [-0.2, -0.15) is 0 Å². The number of amides is 1. The van der Waals surface area contributed by atoms with Crippen molar-refractivity contribution in [2.24, 2.45) is 0 Å². The lowest BCUT2D eigenvalue weighted by atomic mass is 10.1. The summed E-state index contributed by atoms with van der Waals surface area (Å²) in [6.07, 6.45) is 1.72. The molecule has 4 rings (SSSR count). The molecule has 5 nitrogen and oxygen atoms in total. The van der Waals surface area contributed by atoms with Crippen LogP contribution in [0.1, 0.15) is 21.5 Å². The van der Waals surface area contributed by atoms with Crippen molar-refractivity contribution in [2.75, 3.05) is 5.32 Å². The van der Waals surface area contributed by atoms with Gasteiger partial charge in [0, 0.05) is 34.6 Å². The van der Waals surface area contributed by atoms with Crippen LogP contribution in [-0.4, -0.2) is 15.9 Å². The lowest BCUT2D eigenvalue weighted by molar-refractivity contribution is 0.0951. The molecule has 0 atom stereocenters. The van der Waals surface area contributed by atoms with Gasteiger partial charge in [0.2, 0.25) is 0 Å². The highest BCUT2D eigenvalue weighted by Gasteiger charge is 2.08. The van der Waals surface area contributed by atoms with E-state index < -0.39 is 0 Å². The van der Waals surface area contributed by atoms with Gasteiger partial charge in [0.05, 0.1) is 0 Å². The van der Waals surface area contributed by atoms with Gasteiger partial charge in [0.15, 0.2) is 5.82 Å². The molecule has 0 saturated carbocycles. The van der Waals surface area contributed by atoms with Crippen molar-refractivity contribution < 1.29 is 4.79 Å². The van der Waals surface area contributed by atoms with E-state index in [4.69, 9.17) is 11.6 Å². The standard InChI is InChI=1S/C25H21ClN4O/c1-17-4-2-5-19(14-17)24-27-13-12-23(30-24)29-22-7-3-6-20(15-22)25(31)28-16-18-8-10-21(26)11-9-18/h2-15H,16H2,1H3,(H,28,31)(H,27,29,30). The molecule has 0 fully saturated rings. The van der Waals surface area contributed by atoms with Crippen molar-refractivity contribution in [1.82, 2.24) is 15.3 Å². The number of nitrogens with zero attached hydrogens (tertiary/aromatic N) is 2. The maximum absolute atomic E-state index is 12.6. The Morgan fingerprint density at radius 1 is 0.968 bits per heavy atom. The van der Waals surface area contributed by atoms with Gasteiger partial charge in [-0.25, -0.2) is 9.97 Å². The Morgan fingerprint density at radius 3 is 2.58 bits per heavy atom. The van der Waals surface area contributed by atoms with Crippen molar-refractivity contribution in [3.63, 3.8) is 0 Å². The highest BCUT2D eigenvalue weighted by Crippen LogP contribution is 2.20. The van der Waals surface area contributed by atoms with Gasteiger partial charge >= 0.3 is 0 Å². The summed E-state index contributed by atoms with van der Waals surface area (Å²) in [5.74, 6) is 1.15. The number of carbonyl (C=O) groups excluding carboxylic acids is 1. The van der Waals surface area contributed by atoms with Gasteiger partial charge in [0.1, 0.15) is 5.82 Å². The first-order valence-corrected chi connectivity index (χ1v) is 10.2. The average molecular weight is 429 g/mol. The van der Waals surface area contributed by atoms with E-state index in [1.165, 1.54) is 0 Å². The minimum atomic E-state index is -0.151. The van der Waals surface area contributed by atoms with E-state index in [0.29, 0.717) is 28.8 Å². The molecule has 1 amide bonds. The molecule has 31 heavy (non-hydrogen) atoms. The van der Waals surface area contributed by atoms with Crippen molar-refractivity contribution in [2.45, 2.75) is 13.5 Å². The number of halogens is 1. The van der Waals surface area contributed by atoms with Crippen LogP contribution in [0.3, 0.4) is 0 Å². The molecule has 0 bridgehead atoms. The Bertz CT molecular complexity index is 1210. The van der Waals surface area contributed by atoms with E-state index in [1.807, 2.05) is 55.5 Å². The number of aromatic nitrogens is 2. The Kier molecular flexibility index (Phi) is 6.24. The average Bonchev–Trinajstić information content (AvgIpc) is 2.79. The van der Waals surface area contributed by atoms with Gasteiger partial charge in [0.25, 0.3) is 5.91 Å². The number of rotatable bonds is 6. The van der Waals surface area contributed by atoms with Gasteiger partial charge in [-0.15, -0.1) is 0 Å². The third-order valence-corrected chi connectivity index (χ3v) is 4.95. The SMILES string of the molecule is Cc1cccc(-c2nccc(Nc3cccc(C(=O)NCc4ccc(Cl)cc4)c3)n2)c1. The molecule has 0 radical (unpaired) electrons. The fourth-order valence-electron chi connectivity index (χ4n) is 3.12. The largest absolute Gasteiger partial charge is 0.348 e. The predicted octanol–water partition coefficient (Wildman–Crippen LogP) is 5.78. The van der Waals surface area contributed by atoms with Crippen LogP contribution in [0.2, 0.25) is 5.02 Å². The second-order valence-electron chi connectivity index (χ2n) is 7.15. The zero-order chi connectivity index (χ0) is 21.6. The first-order valence-electron chi connectivity index (χ1n) is 9.87. The van der Waals surface area contributed by atoms with E-state index in [2.05, 4.69) is 20.6 Å². The van der Waals surface area contributed by atoms with Crippen molar-refractivity contribution in [3.8, 4) is 11.4 Å². The second kappa shape index (κ2) is 9.41. The Morgan fingerprint density at radius 2 is 1.77 bits per heavy atom. The predicted molar refractivity (Wildman–Crippen MR) is 125 cm³/mol. The summed E-state index contributed by atoms with van der Waals surface area (Å²) in [6.45, 7) is 2.47. The first kappa shape index (κ1) is 20.6. The fraction of sp³-hybridized carbons (Fsp3) is 0.0800. The zero-order valence-corrected chi connectivity index (χ0v) is 17.7. The monoisotopic (exact) mass is 428 g/mol. The number of nitrogens with one attached hydrogen (secondary N) is 2. The van der Waals surface area contributed by atoms with Crippen LogP contribution in [0.4, 0.5) is 11.5 Å². The minimum absolute atomic E-state index is 0.151. The quantitative estimate of drug-likeness (QED) is 0.408. The highest BCUT2D eigenvalue weighted by molar-refractivity contribution is 6.30. The molecule has 0 aliphatic carbocycles. The zero-order valence-electron chi connectivity index (χ0n) is 17.0. The molecule has 154 valence electrons. The number of hydrogen-bond acceptors (Lipinski definition) is 4. The molecule has 3 aromatic carbocycles. The lowest BCUT2D eigenvalue weighted by Gasteiger charge is -2.10. The Balaban J connectivity index is 1.45. The van der Waals surface area contributed by atoms with E-state index in [9.17, 15) is 4.79 Å². The lowest BCUT2D eigenvalue weighted by Crippen LogP contribution is -2.22. The van der Waals surface area contributed by atoms with E-state index in [1.54, 1.807) is 36.5 Å². The number of hydrogen-bond donors (Lipinski definition) is 2. The maximum Gasteiger partial charge on any atom is 0.251 e. The maximum atomic E-state index is 12.6. The minimum Gasteiger partial charge on any atom is -0.348 e. The number of benzene rings is 3. The molecule has 0 aliphatic heterocycles. The van der Waals surface area contributed by atoms with Crippen LogP contribution >= 0.6 is 11.6 Å². The van der Waals surface area contributed by atoms with E-state index in [0.717, 1.165) is 22.4 Å². The Hall–Kier alpha value is -3.70. The van der Waals surface area contributed by atoms with Crippen molar-refractivity contribution in [1.29, 1.82) is 0 Å². The molecule has 6 heteroatoms. The van der Waals surface area contributed by atoms with Crippen molar-refractivity contribution >= 4 is 29.0 Å². The van der Waals surface area contributed by atoms with Gasteiger partial charge in [-0.1, -0.05) is 53.6 Å². The third-order valence-electron chi connectivity index (χ3n) is 4.70. The van der Waals surface area contributed by atoms with Crippen LogP contribution in [0.25, 0.3) is 11.4 Å². The molecule has 0 saturated heterocycles. The number of aryl methyl sites for hydroxylation is 1. The Labute approximate surface area is 186 Å². The molecular formula is C25H21ClN4O. The summed E-state index contributed by atoms with van der Waals surface area (Å²) in [6, 6.07) is 24.5. The summed E-state index contributed by atoms with van der Waals surface area (Å²) >= 11 is 5.90. The van der Waals surface area contributed by atoms with Crippen molar-refractivity contribution in [3.05, 3.63) is 107 Å². The fourth-order valence-corrected chi connectivity index (χ4v) is 3.25. The second-order valence-corrected chi connectivity index (χ2v) is 7.59. The van der Waals surface area contributed by atoms with Crippen LogP contribution in [0.15, 0.2) is 85.1 Å². The summed E-state index contributed by atoms with van der Waals surface area (Å²) in [5, 5.41) is 6.85. The van der Waals surface area contributed by atoms with E-state index >= 15 is 0 Å². The van der Waals surface area contributed by atoms with Gasteiger partial charge in [-0.3, -0.25) is 4.79 Å². The normalized spacial score (nSPS) is 10.5. The molecule has 1 heterocycles. The molecular weight excluding hydrogens is 408 g/mol. The van der Waals surface area contributed by atoms with Crippen LogP contribution in [0, 0.1) is 6.92 Å². The van der Waals surface area contributed by atoms with Crippen LogP contribution in [0.5, 0.6) is 0 Å². The first-order chi connectivity index (χ1) is 15.1. The summed E-state index contributed by atoms with van der Waals surface area (Å²) in [5.41, 5.74) is 4.42. The van der Waals surface area contributed by atoms with Gasteiger partial charge < -0.3 is 10.6 Å². The molecule has 0 aliphatic rings.